The van der Waals surface area contributed by atoms with Gasteiger partial charge in [0.15, 0.2) is 0 Å². The molecule has 1 amide bonds. The minimum atomic E-state index is -0.286. The van der Waals surface area contributed by atoms with E-state index in [1.165, 1.54) is 13.2 Å². The third-order valence-electron chi connectivity index (χ3n) is 1.06. The van der Waals surface area contributed by atoms with Crippen LogP contribution in [0.25, 0.3) is 0 Å². The van der Waals surface area contributed by atoms with Crippen LogP contribution in [0.3, 0.4) is 0 Å². The Morgan fingerprint density at radius 1 is 1.36 bits per heavy atom. The number of hydrogen-bond donors (Lipinski definition) is 1. The normalized spacial score (nSPS) is 7.21. The molecule has 0 saturated carbocycles. The van der Waals surface area contributed by atoms with Crippen LogP contribution in [0, 0.1) is 6.92 Å². The molecule has 77 valence electrons. The topological polar surface area (TPSA) is 46.2 Å². The van der Waals surface area contributed by atoms with E-state index < -0.39 is 0 Å². The van der Waals surface area contributed by atoms with E-state index in [4.69, 9.17) is 4.79 Å². The maximum Gasteiger partial charge on any atom is 2.00 e. The maximum absolute atomic E-state index is 10.4. The minimum absolute atomic E-state index is 0. The van der Waals surface area contributed by atoms with Crippen molar-refractivity contribution in [1.82, 2.24) is 0 Å². The van der Waals surface area contributed by atoms with E-state index in [2.05, 4.69) is 12.2 Å². The standard InChI is InChI=1S/C8H8NO.C2H3O.Co/c1-7(10)9-8-5-3-2-4-6-8;1-2-3;/h2-6H,1H2,(H,9,10);1H3;/q2*-1;+2. The number of benzene rings is 1. The first-order chi connectivity index (χ1) is 6.20. The van der Waals surface area contributed by atoms with E-state index in [0.29, 0.717) is 0 Å². The SMILES string of the molecule is C[C-]=O.[CH2-]C(=O)Nc1ccccc1.[Co+2]. The van der Waals surface area contributed by atoms with Crippen LogP contribution in [0.1, 0.15) is 6.92 Å². The van der Waals surface area contributed by atoms with E-state index in [1.807, 2.05) is 30.3 Å². The zero-order chi connectivity index (χ0) is 10.1. The Kier molecular flexibility index (Phi) is 10.7. The number of anilines is 1. The van der Waals surface area contributed by atoms with Crippen molar-refractivity contribution in [1.29, 1.82) is 0 Å². The number of hydrogen-bond acceptors (Lipinski definition) is 2. The van der Waals surface area contributed by atoms with Gasteiger partial charge < -0.3 is 21.8 Å². The summed E-state index contributed by atoms with van der Waals surface area (Å²) in [5.74, 6) is -0.286. The molecule has 1 rings (SSSR count). The number of nitrogens with one attached hydrogen (secondary N) is 1. The van der Waals surface area contributed by atoms with Crippen LogP contribution in [0.4, 0.5) is 5.69 Å². The van der Waals surface area contributed by atoms with E-state index in [9.17, 15) is 4.79 Å². The van der Waals surface area contributed by atoms with Gasteiger partial charge in [0, 0.05) is 5.69 Å². The summed E-state index contributed by atoms with van der Waals surface area (Å²) in [5, 5.41) is 2.55. The molecule has 1 N–H and O–H groups in total. The van der Waals surface area contributed by atoms with Crippen LogP contribution in [0.5, 0.6) is 0 Å². The fourth-order valence-electron chi connectivity index (χ4n) is 0.682. The quantitative estimate of drug-likeness (QED) is 0.752. The molecule has 1 aromatic carbocycles. The van der Waals surface area contributed by atoms with Gasteiger partial charge in [0.1, 0.15) is 0 Å². The third kappa shape index (κ3) is 8.83. The van der Waals surface area contributed by atoms with Gasteiger partial charge in [-0.25, -0.2) is 0 Å². The molecule has 0 aliphatic heterocycles. The predicted octanol–water partition coefficient (Wildman–Crippen LogP) is 1.57. The van der Waals surface area contributed by atoms with Crippen molar-refractivity contribution in [3.05, 3.63) is 37.3 Å². The molecular weight excluding hydrogens is 225 g/mol. The molecule has 3 nitrogen and oxygen atoms in total. The Morgan fingerprint density at radius 3 is 2.14 bits per heavy atom. The van der Waals surface area contributed by atoms with Crippen molar-refractivity contribution in [2.24, 2.45) is 0 Å². The van der Waals surface area contributed by atoms with Crippen LogP contribution < -0.4 is 5.32 Å². The van der Waals surface area contributed by atoms with Gasteiger partial charge in [-0.2, -0.15) is 6.92 Å². The third-order valence-corrected chi connectivity index (χ3v) is 1.06. The molecule has 0 heterocycles. The molecule has 0 unspecified atom stereocenters. The summed E-state index contributed by atoms with van der Waals surface area (Å²) in [6, 6.07) is 9.21. The monoisotopic (exact) mass is 236 g/mol. The first kappa shape index (κ1) is 15.2. The van der Waals surface area contributed by atoms with Gasteiger partial charge >= 0.3 is 16.8 Å². The molecule has 14 heavy (non-hydrogen) atoms. The fourth-order valence-corrected chi connectivity index (χ4v) is 0.682. The molecule has 1 aromatic rings. The number of para-hydroxylation sites is 1. The van der Waals surface area contributed by atoms with Crippen LogP contribution in [0.2, 0.25) is 0 Å². The van der Waals surface area contributed by atoms with Gasteiger partial charge in [-0.15, -0.1) is 0 Å². The van der Waals surface area contributed by atoms with Gasteiger partial charge in [-0.1, -0.05) is 18.2 Å². The first-order valence-corrected chi connectivity index (χ1v) is 3.67. The number of rotatable bonds is 1. The fraction of sp³-hybridized carbons (Fsp3) is 0.100. The second-order valence-corrected chi connectivity index (χ2v) is 2.12. The molecule has 1 radical (unpaired) electrons. The van der Waals surface area contributed by atoms with Gasteiger partial charge in [0.05, 0.1) is 5.91 Å². The molecule has 0 aromatic heterocycles. The number of carbonyl (C=O) groups excluding carboxylic acids is 2. The molecule has 4 heteroatoms. The Balaban J connectivity index is 0. The average molecular weight is 236 g/mol. The summed E-state index contributed by atoms with van der Waals surface area (Å²) in [6.45, 7) is 4.50. The van der Waals surface area contributed by atoms with Gasteiger partial charge in [0.25, 0.3) is 0 Å². The van der Waals surface area contributed by atoms with E-state index in [-0.39, 0.29) is 22.7 Å². The molecule has 0 saturated heterocycles. The maximum atomic E-state index is 10.4. The first-order valence-electron chi connectivity index (χ1n) is 3.67. The summed E-state index contributed by atoms with van der Waals surface area (Å²) >= 11 is 0. The summed E-state index contributed by atoms with van der Waals surface area (Å²) in [7, 11) is 0. The van der Waals surface area contributed by atoms with Crippen LogP contribution in [-0.4, -0.2) is 12.2 Å². The largest absolute Gasteiger partial charge is 2.00 e. The molecule has 0 bridgehead atoms. The van der Waals surface area contributed by atoms with Crippen LogP contribution in [0.15, 0.2) is 30.3 Å². The Bertz CT molecular complexity index is 262. The predicted molar refractivity (Wildman–Crippen MR) is 51.8 cm³/mol. The number of carbonyl (C=O) groups is 1. The van der Waals surface area contributed by atoms with Crippen molar-refractivity contribution in [3.8, 4) is 0 Å². The van der Waals surface area contributed by atoms with Crippen molar-refractivity contribution in [3.63, 3.8) is 0 Å². The Labute approximate surface area is 94.1 Å². The molecule has 0 fully saturated rings. The van der Waals surface area contributed by atoms with E-state index in [0.717, 1.165) is 5.69 Å². The molecule has 0 aliphatic carbocycles. The molecular formula is C10H11CoNO2. The van der Waals surface area contributed by atoms with Crippen LogP contribution >= 0.6 is 0 Å². The number of amides is 1. The summed E-state index contributed by atoms with van der Waals surface area (Å²) in [6.07, 6.45) is 1.50. The summed E-state index contributed by atoms with van der Waals surface area (Å²) in [5.41, 5.74) is 0.780. The average Bonchev–Trinajstić information content (AvgIpc) is 2.06. The van der Waals surface area contributed by atoms with E-state index in [1.54, 1.807) is 0 Å². The molecule has 0 spiro atoms. The molecule has 0 aliphatic rings. The second kappa shape index (κ2) is 9.82. The zero-order valence-corrected chi connectivity index (χ0v) is 8.78. The van der Waals surface area contributed by atoms with Crippen molar-refractivity contribution in [2.75, 3.05) is 5.32 Å². The molecule has 0 atom stereocenters. The van der Waals surface area contributed by atoms with Gasteiger partial charge in [-0.3, -0.25) is 6.29 Å². The van der Waals surface area contributed by atoms with Crippen molar-refractivity contribution >= 4 is 17.9 Å². The van der Waals surface area contributed by atoms with E-state index >= 15 is 0 Å². The summed E-state index contributed by atoms with van der Waals surface area (Å²) < 4.78 is 0. The van der Waals surface area contributed by atoms with Crippen molar-refractivity contribution in [2.45, 2.75) is 6.92 Å². The Hall–Kier alpha value is -1.26. The smallest absolute Gasteiger partial charge is 0.542 e. The van der Waals surface area contributed by atoms with Gasteiger partial charge in [0.2, 0.25) is 0 Å². The summed E-state index contributed by atoms with van der Waals surface area (Å²) in [4.78, 5) is 19.1. The Morgan fingerprint density at radius 2 is 1.79 bits per heavy atom. The van der Waals surface area contributed by atoms with Gasteiger partial charge in [-0.05, 0) is 12.1 Å². The zero-order valence-electron chi connectivity index (χ0n) is 7.74. The second-order valence-electron chi connectivity index (χ2n) is 2.12. The minimum Gasteiger partial charge on any atom is -0.542 e. The van der Waals surface area contributed by atoms with Crippen LogP contribution in [-0.2, 0) is 26.4 Å². The van der Waals surface area contributed by atoms with Crippen molar-refractivity contribution < 1.29 is 26.4 Å².